The highest BCUT2D eigenvalue weighted by molar-refractivity contribution is 5.98. The van der Waals surface area contributed by atoms with Gasteiger partial charge in [-0.3, -0.25) is 9.88 Å². The molecule has 0 N–H and O–H groups in total. The van der Waals surface area contributed by atoms with Gasteiger partial charge in [0.05, 0.1) is 29.8 Å². The lowest BCUT2D eigenvalue weighted by Gasteiger charge is -2.39. The first kappa shape index (κ1) is 22.4. The summed E-state index contributed by atoms with van der Waals surface area (Å²) in [5.41, 5.74) is 5.05. The van der Waals surface area contributed by atoms with Crippen LogP contribution in [0.1, 0.15) is 24.8 Å². The van der Waals surface area contributed by atoms with E-state index >= 15 is 0 Å². The van der Waals surface area contributed by atoms with Gasteiger partial charge in [0.1, 0.15) is 5.82 Å². The maximum absolute atomic E-state index is 14.1. The topological polar surface area (TPSA) is 52.8 Å². The Bertz CT molecular complexity index is 1360. The molecule has 2 saturated heterocycles. The van der Waals surface area contributed by atoms with Crippen molar-refractivity contribution in [2.45, 2.75) is 32.2 Å². The van der Waals surface area contributed by atoms with Crippen LogP contribution in [0.4, 0.5) is 10.1 Å². The van der Waals surface area contributed by atoms with E-state index < -0.39 is 0 Å². The second-order valence-corrected chi connectivity index (χ2v) is 10.0. The molecule has 0 unspecified atom stereocenters. The minimum absolute atomic E-state index is 0.239. The Hall–Kier alpha value is -3.10. The average Bonchev–Trinajstić information content (AvgIpc) is 3.17. The van der Waals surface area contributed by atoms with Crippen molar-refractivity contribution >= 4 is 22.2 Å². The number of pyridine rings is 1. The fourth-order valence-electron chi connectivity index (χ4n) is 5.65. The number of halogens is 1. The molecule has 2 aliphatic rings. The molecule has 6 rings (SSSR count). The third-order valence-electron chi connectivity index (χ3n) is 7.76. The van der Waals surface area contributed by atoms with Gasteiger partial charge in [-0.05, 0) is 69.6 Å². The molecule has 2 fully saturated rings. The molecule has 0 atom stereocenters. The number of benzene rings is 1. The fraction of sp³-hybridized carbons (Fsp3) is 0.444. The van der Waals surface area contributed by atoms with Gasteiger partial charge in [0.25, 0.3) is 0 Å². The van der Waals surface area contributed by atoms with Crippen molar-refractivity contribution in [1.82, 2.24) is 29.4 Å². The van der Waals surface area contributed by atoms with Gasteiger partial charge in [-0.1, -0.05) is 0 Å². The number of hydrogen-bond donors (Lipinski definition) is 0. The van der Waals surface area contributed by atoms with Crippen molar-refractivity contribution in [3.05, 3.63) is 54.4 Å². The van der Waals surface area contributed by atoms with Crippen LogP contribution in [0.2, 0.25) is 0 Å². The number of anilines is 1. The van der Waals surface area contributed by atoms with Crippen molar-refractivity contribution < 1.29 is 4.39 Å². The first-order valence-electron chi connectivity index (χ1n) is 12.6. The van der Waals surface area contributed by atoms with E-state index in [1.54, 1.807) is 13.1 Å². The van der Waals surface area contributed by atoms with Crippen LogP contribution in [0.3, 0.4) is 0 Å². The third-order valence-corrected chi connectivity index (χ3v) is 7.76. The van der Waals surface area contributed by atoms with Crippen LogP contribution >= 0.6 is 0 Å². The zero-order valence-corrected chi connectivity index (χ0v) is 20.5. The van der Waals surface area contributed by atoms with E-state index in [0.29, 0.717) is 17.1 Å². The monoisotopic (exact) mass is 473 g/mol. The highest BCUT2D eigenvalue weighted by atomic mass is 19.1. The van der Waals surface area contributed by atoms with Crippen LogP contribution < -0.4 is 4.90 Å². The highest BCUT2D eigenvalue weighted by Gasteiger charge is 2.26. The molecule has 0 bridgehead atoms. The normalized spacial score (nSPS) is 19.0. The predicted octanol–water partition coefficient (Wildman–Crippen LogP) is 4.00. The lowest BCUT2D eigenvalue weighted by molar-refractivity contribution is 0.174. The van der Waals surface area contributed by atoms with E-state index in [9.17, 15) is 4.39 Å². The summed E-state index contributed by atoms with van der Waals surface area (Å²) in [6, 6.07) is 5.99. The molecule has 35 heavy (non-hydrogen) atoms. The Balaban J connectivity index is 1.22. The molecule has 8 heteroatoms. The summed E-state index contributed by atoms with van der Waals surface area (Å²) < 4.78 is 15.9. The molecular formula is C27H32FN7. The molecule has 0 saturated carbocycles. The van der Waals surface area contributed by atoms with Gasteiger partial charge in [-0.15, -0.1) is 0 Å². The van der Waals surface area contributed by atoms with Crippen LogP contribution in [0.15, 0.2) is 43.0 Å². The Kier molecular flexibility index (Phi) is 5.86. The molecule has 182 valence electrons. The van der Waals surface area contributed by atoms with Crippen LogP contribution in [0.25, 0.3) is 27.7 Å². The number of nitrogens with zero attached hydrogens (tertiary/aromatic N) is 7. The number of aromatic nitrogens is 4. The van der Waals surface area contributed by atoms with Crippen molar-refractivity contribution in [2.75, 3.05) is 51.2 Å². The Labute approximate surface area is 205 Å². The van der Waals surface area contributed by atoms with Gasteiger partial charge < -0.3 is 9.80 Å². The van der Waals surface area contributed by atoms with Gasteiger partial charge in [-0.2, -0.15) is 5.10 Å². The van der Waals surface area contributed by atoms with Gasteiger partial charge in [0.15, 0.2) is 5.65 Å². The summed E-state index contributed by atoms with van der Waals surface area (Å²) in [7, 11) is 2.23. The van der Waals surface area contributed by atoms with Crippen molar-refractivity contribution in [3.63, 3.8) is 0 Å². The second-order valence-electron chi connectivity index (χ2n) is 10.0. The number of rotatable bonds is 3. The molecule has 5 heterocycles. The first-order chi connectivity index (χ1) is 17.1. The quantitative estimate of drug-likeness (QED) is 0.448. The Morgan fingerprint density at radius 1 is 0.943 bits per heavy atom. The fourth-order valence-corrected chi connectivity index (χ4v) is 5.65. The lowest BCUT2D eigenvalue weighted by atomic mass is 10.0. The van der Waals surface area contributed by atoms with Gasteiger partial charge in [0.2, 0.25) is 0 Å². The van der Waals surface area contributed by atoms with Crippen molar-refractivity contribution in [1.29, 1.82) is 0 Å². The van der Waals surface area contributed by atoms with E-state index in [1.807, 2.05) is 29.0 Å². The Morgan fingerprint density at radius 3 is 2.66 bits per heavy atom. The zero-order chi connectivity index (χ0) is 23.9. The van der Waals surface area contributed by atoms with Crippen LogP contribution in [0.5, 0.6) is 0 Å². The summed E-state index contributed by atoms with van der Waals surface area (Å²) >= 11 is 0. The van der Waals surface area contributed by atoms with Crippen LogP contribution in [-0.4, -0.2) is 81.7 Å². The lowest BCUT2D eigenvalue weighted by Crippen LogP contribution is -2.46. The number of hydrogen-bond acceptors (Lipinski definition) is 6. The molecule has 0 amide bonds. The van der Waals surface area contributed by atoms with Crippen LogP contribution in [0, 0.1) is 12.7 Å². The smallest absolute Gasteiger partial charge is 0.162 e. The number of piperidine rings is 1. The van der Waals surface area contributed by atoms with E-state index in [-0.39, 0.29) is 5.82 Å². The summed E-state index contributed by atoms with van der Waals surface area (Å²) in [5.74, 6) is -0.239. The average molecular weight is 474 g/mol. The molecule has 2 aliphatic heterocycles. The molecule has 7 nitrogen and oxygen atoms in total. The first-order valence-corrected chi connectivity index (χ1v) is 12.6. The van der Waals surface area contributed by atoms with Crippen molar-refractivity contribution in [2.24, 2.45) is 0 Å². The zero-order valence-electron chi connectivity index (χ0n) is 20.5. The summed E-state index contributed by atoms with van der Waals surface area (Å²) in [5, 5.41) is 5.53. The van der Waals surface area contributed by atoms with E-state index in [1.165, 1.54) is 51.5 Å². The minimum atomic E-state index is -0.239. The molecular weight excluding hydrogens is 441 g/mol. The van der Waals surface area contributed by atoms with E-state index in [4.69, 9.17) is 4.98 Å². The molecule has 4 aromatic rings. The van der Waals surface area contributed by atoms with Crippen LogP contribution in [-0.2, 0) is 0 Å². The molecule has 1 aromatic carbocycles. The maximum atomic E-state index is 14.1. The Morgan fingerprint density at radius 2 is 1.80 bits per heavy atom. The predicted molar refractivity (Wildman–Crippen MR) is 137 cm³/mol. The highest BCUT2D eigenvalue weighted by Crippen LogP contribution is 2.32. The van der Waals surface area contributed by atoms with Gasteiger partial charge in [0, 0.05) is 55.4 Å². The third kappa shape index (κ3) is 4.25. The molecule has 0 aliphatic carbocycles. The molecule has 0 spiro atoms. The number of aryl methyl sites for hydroxylation is 1. The van der Waals surface area contributed by atoms with Crippen molar-refractivity contribution in [3.8, 4) is 11.1 Å². The number of fused-ring (bicyclic) bond motifs is 2. The minimum Gasteiger partial charge on any atom is -0.369 e. The SMILES string of the molecule is Cc1cc2c(-c3cnn4cc(N5CCC(N6CCCN(C)CC6)CC5)cnc34)ccnc2cc1F. The molecule has 0 radical (unpaired) electrons. The van der Waals surface area contributed by atoms with E-state index in [0.717, 1.165) is 40.9 Å². The maximum Gasteiger partial charge on any atom is 0.162 e. The van der Waals surface area contributed by atoms with Gasteiger partial charge in [-0.25, -0.2) is 13.9 Å². The van der Waals surface area contributed by atoms with E-state index in [2.05, 4.69) is 38.0 Å². The second kappa shape index (κ2) is 9.17. The molecule has 3 aromatic heterocycles. The van der Waals surface area contributed by atoms with Gasteiger partial charge >= 0.3 is 0 Å². The summed E-state index contributed by atoms with van der Waals surface area (Å²) in [6.45, 7) is 8.63. The largest absolute Gasteiger partial charge is 0.369 e. The summed E-state index contributed by atoms with van der Waals surface area (Å²) in [6.07, 6.45) is 11.3. The summed E-state index contributed by atoms with van der Waals surface area (Å²) in [4.78, 5) is 16.8. The number of likely N-dealkylation sites (N-methyl/N-ethyl adjacent to an activating group) is 1. The standard InChI is InChI=1S/C27H32FN7/c1-19-14-23-22(4-7-29-26(23)15-25(19)28)24-17-31-35-18-21(16-30-27(24)35)34-10-5-20(6-11-34)33-9-3-8-32(2)12-13-33/h4,7,14-18,20H,3,5-6,8-13H2,1-2H3.